The third-order valence-corrected chi connectivity index (χ3v) is 2.52. The lowest BCUT2D eigenvalue weighted by molar-refractivity contribution is 0.161. The van der Waals surface area contributed by atoms with Crippen LogP contribution in [0.5, 0.6) is 0 Å². The Labute approximate surface area is 96.6 Å². The highest BCUT2D eigenvalue weighted by Gasteiger charge is 2.12. The van der Waals surface area contributed by atoms with Crippen molar-refractivity contribution in [3.05, 3.63) is 5.69 Å². The van der Waals surface area contributed by atoms with Crippen LogP contribution in [0.4, 0.5) is 11.5 Å². The zero-order valence-corrected chi connectivity index (χ0v) is 10.5. The number of nitrogens with two attached hydrogens (primary N) is 1. The van der Waals surface area contributed by atoms with E-state index < -0.39 is 0 Å². The van der Waals surface area contributed by atoms with E-state index in [2.05, 4.69) is 24.3 Å². The van der Waals surface area contributed by atoms with Gasteiger partial charge in [-0.2, -0.15) is 5.10 Å². The average Bonchev–Trinajstić information content (AvgIpc) is 2.38. The molecule has 0 aliphatic heterocycles. The lowest BCUT2D eigenvalue weighted by Gasteiger charge is -2.15. The van der Waals surface area contributed by atoms with Crippen molar-refractivity contribution in [2.45, 2.75) is 33.3 Å². The van der Waals surface area contributed by atoms with Gasteiger partial charge in [0.1, 0.15) is 5.82 Å². The Balaban J connectivity index is 2.54. The van der Waals surface area contributed by atoms with E-state index >= 15 is 0 Å². The van der Waals surface area contributed by atoms with Crippen LogP contribution in [0.25, 0.3) is 0 Å². The van der Waals surface area contributed by atoms with Crippen LogP contribution in [0.2, 0.25) is 0 Å². The van der Waals surface area contributed by atoms with Crippen molar-refractivity contribution in [2.75, 3.05) is 17.6 Å². The number of nitrogens with one attached hydrogen (secondary N) is 1. The number of nitrogen functional groups attached to an aromatic ring is 1. The number of hydrogen-bond donors (Lipinski definition) is 3. The van der Waals surface area contributed by atoms with Crippen LogP contribution in [0, 0.1) is 12.8 Å². The van der Waals surface area contributed by atoms with Crippen LogP contribution in [0.15, 0.2) is 0 Å². The number of anilines is 2. The van der Waals surface area contributed by atoms with Gasteiger partial charge in [-0.3, -0.25) is 4.68 Å². The van der Waals surface area contributed by atoms with E-state index in [9.17, 15) is 5.11 Å². The second kappa shape index (κ2) is 5.21. The Bertz CT molecular complexity index is 346. The molecule has 0 aliphatic carbocycles. The van der Waals surface area contributed by atoms with Gasteiger partial charge >= 0.3 is 0 Å². The fourth-order valence-electron chi connectivity index (χ4n) is 1.73. The summed E-state index contributed by atoms with van der Waals surface area (Å²) in [5, 5.41) is 17.1. The highest BCUT2D eigenvalue weighted by Crippen LogP contribution is 2.20. The van der Waals surface area contributed by atoms with E-state index in [4.69, 9.17) is 5.73 Å². The Morgan fingerprint density at radius 2 is 2.12 bits per heavy atom. The summed E-state index contributed by atoms with van der Waals surface area (Å²) in [6.07, 6.45) is 0.429. The molecule has 1 unspecified atom stereocenters. The first kappa shape index (κ1) is 12.8. The van der Waals surface area contributed by atoms with Crippen LogP contribution in [0.1, 0.15) is 26.0 Å². The number of aromatic nitrogens is 2. The van der Waals surface area contributed by atoms with Crippen LogP contribution >= 0.6 is 0 Å². The molecule has 0 saturated carbocycles. The monoisotopic (exact) mass is 226 g/mol. The van der Waals surface area contributed by atoms with Gasteiger partial charge in [-0.15, -0.1) is 0 Å². The van der Waals surface area contributed by atoms with Crippen molar-refractivity contribution < 1.29 is 5.11 Å². The summed E-state index contributed by atoms with van der Waals surface area (Å²) in [5.74, 6) is 1.27. The first-order chi connectivity index (χ1) is 7.41. The van der Waals surface area contributed by atoms with Crippen molar-refractivity contribution in [1.29, 1.82) is 0 Å². The van der Waals surface area contributed by atoms with Crippen molar-refractivity contribution in [3.8, 4) is 0 Å². The summed E-state index contributed by atoms with van der Waals surface area (Å²) >= 11 is 0. The van der Waals surface area contributed by atoms with E-state index in [1.165, 1.54) is 0 Å². The molecule has 5 nitrogen and oxygen atoms in total. The molecular weight excluding hydrogens is 204 g/mol. The fourth-order valence-corrected chi connectivity index (χ4v) is 1.73. The van der Waals surface area contributed by atoms with Crippen molar-refractivity contribution >= 4 is 11.5 Å². The second-order valence-electron chi connectivity index (χ2n) is 4.64. The number of aryl methyl sites for hydroxylation is 2. The fraction of sp³-hybridized carbons (Fsp3) is 0.727. The summed E-state index contributed by atoms with van der Waals surface area (Å²) in [4.78, 5) is 0. The van der Waals surface area contributed by atoms with Gasteiger partial charge in [0.25, 0.3) is 0 Å². The Kier molecular flexibility index (Phi) is 4.18. The number of aliphatic hydroxyl groups excluding tert-OH is 1. The van der Waals surface area contributed by atoms with Gasteiger partial charge in [-0.05, 0) is 19.3 Å². The molecule has 1 atom stereocenters. The largest absolute Gasteiger partial charge is 0.394 e. The van der Waals surface area contributed by atoms with E-state index in [0.29, 0.717) is 18.2 Å². The number of rotatable bonds is 5. The number of aliphatic hydroxyl groups is 1. The minimum Gasteiger partial charge on any atom is -0.394 e. The maximum Gasteiger partial charge on any atom is 0.147 e. The zero-order valence-electron chi connectivity index (χ0n) is 10.5. The topological polar surface area (TPSA) is 76.1 Å². The molecule has 1 heterocycles. The standard InChI is InChI=1S/C11H22N4O/c1-7(2)5-9(16)6-13-11-10(12)8(3)14-15(11)4/h7,9,13,16H,5-6,12H2,1-4H3. The van der Waals surface area contributed by atoms with E-state index in [1.54, 1.807) is 4.68 Å². The summed E-state index contributed by atoms with van der Waals surface area (Å²) in [5.41, 5.74) is 7.32. The predicted molar refractivity (Wildman–Crippen MR) is 66.3 cm³/mol. The minimum atomic E-state index is -0.352. The number of hydrogen-bond acceptors (Lipinski definition) is 4. The summed E-state index contributed by atoms with van der Waals surface area (Å²) in [7, 11) is 1.83. The third-order valence-electron chi connectivity index (χ3n) is 2.52. The van der Waals surface area contributed by atoms with Crippen LogP contribution < -0.4 is 11.1 Å². The second-order valence-corrected chi connectivity index (χ2v) is 4.64. The molecule has 0 radical (unpaired) electrons. The Hall–Kier alpha value is -1.23. The summed E-state index contributed by atoms with van der Waals surface area (Å²) in [6.45, 7) is 6.55. The molecule has 0 aromatic carbocycles. The lowest BCUT2D eigenvalue weighted by atomic mass is 10.1. The molecule has 0 spiro atoms. The smallest absolute Gasteiger partial charge is 0.147 e. The molecule has 16 heavy (non-hydrogen) atoms. The molecule has 0 amide bonds. The van der Waals surface area contributed by atoms with Crippen molar-refractivity contribution in [3.63, 3.8) is 0 Å². The molecule has 1 aromatic heterocycles. The molecule has 0 fully saturated rings. The first-order valence-electron chi connectivity index (χ1n) is 5.62. The predicted octanol–water partition coefficient (Wildman–Crippen LogP) is 1.13. The van der Waals surface area contributed by atoms with Crippen molar-refractivity contribution in [1.82, 2.24) is 9.78 Å². The first-order valence-corrected chi connectivity index (χ1v) is 5.62. The lowest BCUT2D eigenvalue weighted by Crippen LogP contribution is -2.22. The Morgan fingerprint density at radius 1 is 1.50 bits per heavy atom. The SMILES string of the molecule is Cc1nn(C)c(NCC(O)CC(C)C)c1N. The quantitative estimate of drug-likeness (QED) is 0.703. The molecule has 0 aliphatic rings. The Morgan fingerprint density at radius 3 is 2.56 bits per heavy atom. The van der Waals surface area contributed by atoms with Gasteiger partial charge in [0.2, 0.25) is 0 Å². The third kappa shape index (κ3) is 3.13. The van der Waals surface area contributed by atoms with Crippen LogP contribution in [-0.4, -0.2) is 27.5 Å². The van der Waals surface area contributed by atoms with Crippen LogP contribution in [-0.2, 0) is 7.05 Å². The minimum absolute atomic E-state index is 0.352. The molecule has 1 aromatic rings. The average molecular weight is 226 g/mol. The highest BCUT2D eigenvalue weighted by atomic mass is 16.3. The van der Waals surface area contributed by atoms with Crippen LogP contribution in [0.3, 0.4) is 0 Å². The molecular formula is C11H22N4O. The van der Waals surface area contributed by atoms with E-state index in [1.807, 2.05) is 14.0 Å². The van der Waals surface area contributed by atoms with Gasteiger partial charge in [-0.1, -0.05) is 13.8 Å². The van der Waals surface area contributed by atoms with Gasteiger partial charge < -0.3 is 16.2 Å². The van der Waals surface area contributed by atoms with Crippen molar-refractivity contribution in [2.24, 2.45) is 13.0 Å². The zero-order chi connectivity index (χ0) is 12.3. The maximum atomic E-state index is 9.74. The molecule has 0 bridgehead atoms. The summed E-state index contributed by atoms with van der Waals surface area (Å²) in [6, 6.07) is 0. The molecule has 4 N–H and O–H groups in total. The molecule has 92 valence electrons. The van der Waals surface area contributed by atoms with Gasteiger partial charge in [0.05, 0.1) is 17.5 Å². The molecule has 1 rings (SSSR count). The van der Waals surface area contributed by atoms with E-state index in [0.717, 1.165) is 17.9 Å². The molecule has 5 heteroatoms. The maximum absolute atomic E-state index is 9.74. The molecule has 0 saturated heterocycles. The highest BCUT2D eigenvalue weighted by molar-refractivity contribution is 5.64. The van der Waals surface area contributed by atoms with Gasteiger partial charge in [0.15, 0.2) is 0 Å². The summed E-state index contributed by atoms with van der Waals surface area (Å²) < 4.78 is 1.70. The van der Waals surface area contributed by atoms with Gasteiger partial charge in [-0.25, -0.2) is 0 Å². The normalized spacial score (nSPS) is 13.1. The number of nitrogens with zero attached hydrogens (tertiary/aromatic N) is 2. The van der Waals surface area contributed by atoms with E-state index in [-0.39, 0.29) is 6.10 Å². The van der Waals surface area contributed by atoms with Gasteiger partial charge in [0, 0.05) is 13.6 Å².